The molecule has 1 heterocycles. The van der Waals surface area contributed by atoms with Crippen LogP contribution in [0.25, 0.3) is 11.0 Å². The fraction of sp³-hybridized carbons (Fsp3) is 0.318. The van der Waals surface area contributed by atoms with Crippen molar-refractivity contribution in [1.29, 1.82) is 0 Å². The van der Waals surface area contributed by atoms with E-state index in [0.717, 1.165) is 33.6 Å². The Labute approximate surface area is 171 Å². The van der Waals surface area contributed by atoms with Crippen LogP contribution in [0.1, 0.15) is 42.8 Å². The highest BCUT2D eigenvalue weighted by Crippen LogP contribution is 2.32. The summed E-state index contributed by atoms with van der Waals surface area (Å²) in [7, 11) is 1.64. The van der Waals surface area contributed by atoms with E-state index in [1.165, 1.54) is 0 Å². The van der Waals surface area contributed by atoms with E-state index >= 15 is 0 Å². The number of halogens is 1. The lowest BCUT2D eigenvalue weighted by molar-refractivity contribution is -0.125. The van der Waals surface area contributed by atoms with E-state index in [1.54, 1.807) is 7.11 Å². The van der Waals surface area contributed by atoms with Crippen LogP contribution in [-0.2, 0) is 4.79 Å². The molecule has 3 unspecified atom stereocenters. The first-order valence-corrected chi connectivity index (χ1v) is 9.10. The van der Waals surface area contributed by atoms with Crippen molar-refractivity contribution in [3.63, 3.8) is 0 Å². The lowest BCUT2D eigenvalue weighted by Gasteiger charge is -2.22. The third-order valence-corrected chi connectivity index (χ3v) is 5.07. The summed E-state index contributed by atoms with van der Waals surface area (Å²) < 4.78 is 11.3. The van der Waals surface area contributed by atoms with Crippen molar-refractivity contribution >= 4 is 29.3 Å². The molecule has 28 heavy (non-hydrogen) atoms. The lowest BCUT2D eigenvalue weighted by atomic mass is 9.94. The van der Waals surface area contributed by atoms with Gasteiger partial charge in [0.1, 0.15) is 17.1 Å². The summed E-state index contributed by atoms with van der Waals surface area (Å²) in [4.78, 5) is 12.7. The van der Waals surface area contributed by atoms with E-state index in [0.29, 0.717) is 0 Å². The lowest BCUT2D eigenvalue weighted by Crippen LogP contribution is -2.37. The first-order chi connectivity index (χ1) is 12.9. The molecule has 3 aromatic rings. The number of nitrogens with one attached hydrogen (secondary N) is 1. The first kappa shape index (κ1) is 21.8. The smallest absolute Gasteiger partial charge is 0.225 e. The highest BCUT2D eigenvalue weighted by Gasteiger charge is 2.25. The number of hydrogen-bond donors (Lipinski definition) is 2. The van der Waals surface area contributed by atoms with Gasteiger partial charge in [0.25, 0.3) is 0 Å². The first-order valence-electron chi connectivity index (χ1n) is 9.10. The van der Waals surface area contributed by atoms with Gasteiger partial charge >= 0.3 is 0 Å². The molecule has 0 fully saturated rings. The Bertz CT molecular complexity index is 940. The van der Waals surface area contributed by atoms with Crippen molar-refractivity contribution in [1.82, 2.24) is 5.32 Å². The van der Waals surface area contributed by atoms with Crippen molar-refractivity contribution in [2.45, 2.75) is 32.9 Å². The van der Waals surface area contributed by atoms with Gasteiger partial charge in [-0.15, -0.1) is 12.4 Å². The molecule has 0 spiro atoms. The molecule has 5 nitrogen and oxygen atoms in total. The maximum absolute atomic E-state index is 12.7. The van der Waals surface area contributed by atoms with Crippen LogP contribution in [-0.4, -0.2) is 13.0 Å². The Morgan fingerprint density at radius 1 is 1.14 bits per heavy atom. The highest BCUT2D eigenvalue weighted by atomic mass is 35.5. The molecule has 1 amide bonds. The van der Waals surface area contributed by atoms with Gasteiger partial charge in [0, 0.05) is 17.0 Å². The Morgan fingerprint density at radius 3 is 2.46 bits per heavy atom. The molecule has 3 rings (SSSR count). The van der Waals surface area contributed by atoms with Crippen molar-refractivity contribution in [2.24, 2.45) is 11.7 Å². The molecule has 0 bridgehead atoms. The van der Waals surface area contributed by atoms with Gasteiger partial charge in [0.2, 0.25) is 5.91 Å². The maximum atomic E-state index is 12.7. The predicted molar refractivity (Wildman–Crippen MR) is 114 cm³/mol. The molecule has 2 aromatic carbocycles. The molecule has 0 saturated heterocycles. The summed E-state index contributed by atoms with van der Waals surface area (Å²) in [6, 6.07) is 14.7. The number of aryl methyl sites for hydroxylation is 1. The van der Waals surface area contributed by atoms with Crippen LogP contribution in [0, 0.1) is 12.8 Å². The number of carbonyl (C=O) groups excluding carboxylic acids is 1. The summed E-state index contributed by atoms with van der Waals surface area (Å²) in [5.74, 6) is 1.06. The molecule has 6 heteroatoms. The second-order valence-corrected chi connectivity index (χ2v) is 6.91. The van der Waals surface area contributed by atoms with Gasteiger partial charge in [-0.05, 0) is 37.6 Å². The summed E-state index contributed by atoms with van der Waals surface area (Å²) in [6.45, 7) is 5.75. The Hall–Kier alpha value is -2.50. The number of carbonyl (C=O) groups is 1. The van der Waals surface area contributed by atoms with Crippen molar-refractivity contribution < 1.29 is 13.9 Å². The quantitative estimate of drug-likeness (QED) is 0.627. The van der Waals surface area contributed by atoms with E-state index in [-0.39, 0.29) is 36.3 Å². The zero-order valence-electron chi connectivity index (χ0n) is 16.6. The summed E-state index contributed by atoms with van der Waals surface area (Å²) in [6.07, 6.45) is 0. The summed E-state index contributed by atoms with van der Waals surface area (Å²) >= 11 is 0. The number of benzene rings is 2. The topological polar surface area (TPSA) is 77.5 Å². The van der Waals surface area contributed by atoms with Gasteiger partial charge in [-0.1, -0.05) is 37.3 Å². The van der Waals surface area contributed by atoms with Crippen molar-refractivity contribution in [3.05, 3.63) is 65.4 Å². The van der Waals surface area contributed by atoms with Gasteiger partial charge in [0.05, 0.1) is 19.1 Å². The minimum absolute atomic E-state index is 0. The molecular weight excluding hydrogens is 376 g/mol. The minimum Gasteiger partial charge on any atom is -0.497 e. The standard InChI is InChI=1S/C22H26N2O3.ClH/c1-13-18-12-17(26-4)10-11-19(18)27-21(13)15(3)24-22(25)14(2)20(23)16-8-6-5-7-9-16;/h5-12,14-15,20H,23H2,1-4H3,(H,24,25);1H. The van der Waals surface area contributed by atoms with Crippen molar-refractivity contribution in [3.8, 4) is 5.75 Å². The average molecular weight is 403 g/mol. The van der Waals surface area contributed by atoms with E-state index in [9.17, 15) is 4.79 Å². The van der Waals surface area contributed by atoms with E-state index < -0.39 is 0 Å². The van der Waals surface area contributed by atoms with Crippen LogP contribution in [0.5, 0.6) is 5.75 Å². The number of fused-ring (bicyclic) bond motifs is 1. The van der Waals surface area contributed by atoms with Crippen LogP contribution in [0.3, 0.4) is 0 Å². The number of nitrogens with two attached hydrogens (primary N) is 1. The highest BCUT2D eigenvalue weighted by molar-refractivity contribution is 5.85. The van der Waals surface area contributed by atoms with Crippen LogP contribution >= 0.6 is 12.4 Å². The molecule has 0 aliphatic heterocycles. The number of ether oxygens (including phenoxy) is 1. The second-order valence-electron chi connectivity index (χ2n) is 6.91. The van der Waals surface area contributed by atoms with E-state index in [4.69, 9.17) is 14.9 Å². The zero-order valence-corrected chi connectivity index (χ0v) is 17.4. The van der Waals surface area contributed by atoms with Crippen LogP contribution in [0.4, 0.5) is 0 Å². The third-order valence-electron chi connectivity index (χ3n) is 5.07. The van der Waals surface area contributed by atoms with Crippen molar-refractivity contribution in [2.75, 3.05) is 7.11 Å². The third kappa shape index (κ3) is 4.32. The number of methoxy groups -OCH3 is 1. The van der Waals surface area contributed by atoms with Gasteiger partial charge in [-0.25, -0.2) is 0 Å². The van der Waals surface area contributed by atoms with Crippen LogP contribution < -0.4 is 15.8 Å². The Kier molecular flexibility index (Phi) is 7.11. The number of furan rings is 1. The van der Waals surface area contributed by atoms with Crippen LogP contribution in [0.2, 0.25) is 0 Å². The molecule has 0 aliphatic carbocycles. The fourth-order valence-electron chi connectivity index (χ4n) is 3.30. The summed E-state index contributed by atoms with van der Waals surface area (Å²) in [5, 5.41) is 4.02. The predicted octanol–water partition coefficient (Wildman–Crippen LogP) is 4.68. The molecule has 3 N–H and O–H groups in total. The molecule has 150 valence electrons. The second kappa shape index (κ2) is 9.13. The minimum atomic E-state index is -0.362. The molecule has 0 radical (unpaired) electrons. The molecule has 3 atom stereocenters. The molecular formula is C22H27ClN2O3. The number of hydrogen-bond acceptors (Lipinski definition) is 4. The maximum Gasteiger partial charge on any atom is 0.225 e. The Balaban J connectivity index is 0.00000280. The normalized spacial score (nSPS) is 14.0. The van der Waals surface area contributed by atoms with E-state index in [2.05, 4.69) is 5.32 Å². The largest absolute Gasteiger partial charge is 0.497 e. The van der Waals surface area contributed by atoms with Gasteiger partial charge in [-0.3, -0.25) is 4.79 Å². The zero-order chi connectivity index (χ0) is 19.6. The van der Waals surface area contributed by atoms with Gasteiger partial charge in [0.15, 0.2) is 0 Å². The molecule has 0 saturated carbocycles. The monoisotopic (exact) mass is 402 g/mol. The van der Waals surface area contributed by atoms with Gasteiger partial charge in [-0.2, -0.15) is 0 Å². The average Bonchev–Trinajstić information content (AvgIpc) is 3.03. The SMILES string of the molecule is COc1ccc2oc(C(C)NC(=O)C(C)C(N)c3ccccc3)c(C)c2c1.Cl. The number of amides is 1. The molecule has 1 aromatic heterocycles. The van der Waals surface area contributed by atoms with E-state index in [1.807, 2.05) is 69.3 Å². The summed E-state index contributed by atoms with van der Waals surface area (Å²) in [5.41, 5.74) is 9.00. The number of rotatable bonds is 6. The fourth-order valence-corrected chi connectivity index (χ4v) is 3.30. The Morgan fingerprint density at radius 2 is 1.82 bits per heavy atom. The van der Waals surface area contributed by atoms with Gasteiger partial charge < -0.3 is 20.2 Å². The molecule has 0 aliphatic rings. The van der Waals surface area contributed by atoms with Crippen LogP contribution in [0.15, 0.2) is 52.9 Å².